The number of amides is 1. The van der Waals surface area contributed by atoms with Crippen molar-refractivity contribution in [2.24, 2.45) is 0 Å². The fourth-order valence-electron chi connectivity index (χ4n) is 4.25. The van der Waals surface area contributed by atoms with Crippen molar-refractivity contribution in [3.63, 3.8) is 0 Å². The third-order valence-electron chi connectivity index (χ3n) is 5.43. The second-order valence-corrected chi connectivity index (χ2v) is 7.11. The van der Waals surface area contributed by atoms with E-state index in [9.17, 15) is 4.79 Å². The van der Waals surface area contributed by atoms with Gasteiger partial charge in [0, 0.05) is 31.1 Å². The second kappa shape index (κ2) is 7.36. The summed E-state index contributed by atoms with van der Waals surface area (Å²) in [6.45, 7) is 0. The van der Waals surface area contributed by atoms with Gasteiger partial charge in [-0.15, -0.1) is 0 Å². The van der Waals surface area contributed by atoms with E-state index in [1.807, 2.05) is 36.4 Å². The molecule has 1 amide bonds. The molecule has 0 radical (unpaired) electrons. The highest BCUT2D eigenvalue weighted by molar-refractivity contribution is 5.80. The van der Waals surface area contributed by atoms with Crippen molar-refractivity contribution in [1.29, 1.82) is 0 Å². The van der Waals surface area contributed by atoms with E-state index in [0.29, 0.717) is 18.5 Å². The maximum Gasteiger partial charge on any atom is 0.227 e. The molecule has 2 atom stereocenters. The molecule has 5 nitrogen and oxygen atoms in total. The molecule has 2 aliphatic rings. The average Bonchev–Trinajstić information content (AvgIpc) is 2.94. The van der Waals surface area contributed by atoms with E-state index in [1.54, 1.807) is 19.5 Å². The standard InChI is InChI=1S/C21H24N2O3/c1-25-18-8-4-15(5-9-18)11-21(24)23-16-6-7-17(23)13-20(12-16)26-19-3-2-10-22-14-19/h2-5,8-10,14,16-17,20H,6-7,11-13H2,1H3. The first-order valence-corrected chi connectivity index (χ1v) is 9.23. The van der Waals surface area contributed by atoms with E-state index >= 15 is 0 Å². The van der Waals surface area contributed by atoms with Gasteiger partial charge in [-0.1, -0.05) is 12.1 Å². The lowest BCUT2D eigenvalue weighted by atomic mass is 9.98. The van der Waals surface area contributed by atoms with Gasteiger partial charge in [-0.25, -0.2) is 0 Å². The average molecular weight is 352 g/mol. The number of pyridine rings is 1. The Morgan fingerprint density at radius 1 is 1.12 bits per heavy atom. The van der Waals surface area contributed by atoms with Crippen molar-refractivity contribution >= 4 is 5.91 Å². The van der Waals surface area contributed by atoms with Gasteiger partial charge in [0.15, 0.2) is 0 Å². The summed E-state index contributed by atoms with van der Waals surface area (Å²) in [6.07, 6.45) is 8.07. The van der Waals surface area contributed by atoms with E-state index in [0.717, 1.165) is 42.7 Å². The molecule has 2 aliphatic heterocycles. The lowest BCUT2D eigenvalue weighted by Crippen LogP contribution is -2.49. The highest BCUT2D eigenvalue weighted by Crippen LogP contribution is 2.37. The summed E-state index contributed by atoms with van der Waals surface area (Å²) in [6, 6.07) is 12.2. The van der Waals surface area contributed by atoms with Gasteiger partial charge in [0.1, 0.15) is 17.6 Å². The molecule has 2 saturated heterocycles. The molecule has 5 heteroatoms. The Kier molecular flexibility index (Phi) is 4.78. The number of benzene rings is 1. The van der Waals surface area contributed by atoms with E-state index in [-0.39, 0.29) is 12.0 Å². The van der Waals surface area contributed by atoms with Gasteiger partial charge >= 0.3 is 0 Å². The molecular formula is C21H24N2O3. The van der Waals surface area contributed by atoms with Gasteiger partial charge in [0.2, 0.25) is 5.91 Å². The lowest BCUT2D eigenvalue weighted by molar-refractivity contribution is -0.136. The van der Waals surface area contributed by atoms with Crippen LogP contribution in [0, 0.1) is 0 Å². The number of hydrogen-bond acceptors (Lipinski definition) is 4. The van der Waals surface area contributed by atoms with Crippen LogP contribution in [-0.2, 0) is 11.2 Å². The number of aromatic nitrogens is 1. The summed E-state index contributed by atoms with van der Waals surface area (Å²) < 4.78 is 11.3. The first-order valence-electron chi connectivity index (χ1n) is 9.23. The Balaban J connectivity index is 1.38. The minimum atomic E-state index is 0.168. The zero-order chi connectivity index (χ0) is 17.9. The minimum absolute atomic E-state index is 0.168. The largest absolute Gasteiger partial charge is 0.497 e. The molecule has 2 bridgehead atoms. The number of nitrogens with zero attached hydrogens (tertiary/aromatic N) is 2. The first kappa shape index (κ1) is 16.9. The van der Waals surface area contributed by atoms with Crippen molar-refractivity contribution in [1.82, 2.24) is 9.88 Å². The molecule has 4 rings (SSSR count). The van der Waals surface area contributed by atoms with Gasteiger partial charge < -0.3 is 14.4 Å². The first-order chi connectivity index (χ1) is 12.7. The summed E-state index contributed by atoms with van der Waals surface area (Å²) in [5.74, 6) is 1.85. The third-order valence-corrected chi connectivity index (χ3v) is 5.43. The van der Waals surface area contributed by atoms with Gasteiger partial charge in [0.05, 0.1) is 19.7 Å². The summed E-state index contributed by atoms with van der Waals surface area (Å²) in [5, 5.41) is 0. The highest BCUT2D eigenvalue weighted by Gasteiger charge is 2.43. The Morgan fingerprint density at radius 3 is 2.46 bits per heavy atom. The molecule has 1 aromatic carbocycles. The fourth-order valence-corrected chi connectivity index (χ4v) is 4.25. The number of fused-ring (bicyclic) bond motifs is 2. The van der Waals surface area contributed by atoms with Crippen LogP contribution in [0.2, 0.25) is 0 Å². The Morgan fingerprint density at radius 2 is 1.85 bits per heavy atom. The number of hydrogen-bond donors (Lipinski definition) is 0. The lowest BCUT2D eigenvalue weighted by Gasteiger charge is -2.39. The highest BCUT2D eigenvalue weighted by atomic mass is 16.5. The monoisotopic (exact) mass is 352 g/mol. The molecular weight excluding hydrogens is 328 g/mol. The van der Waals surface area contributed by atoms with Gasteiger partial charge in [-0.05, 0) is 42.7 Å². The van der Waals surface area contributed by atoms with E-state index in [1.165, 1.54) is 0 Å². The predicted octanol–water partition coefficient (Wildman–Crippen LogP) is 3.23. The Hall–Kier alpha value is -2.56. The third kappa shape index (κ3) is 3.52. The topological polar surface area (TPSA) is 51.7 Å². The summed E-state index contributed by atoms with van der Waals surface area (Å²) >= 11 is 0. The van der Waals surface area contributed by atoms with Gasteiger partial charge in [-0.2, -0.15) is 0 Å². The number of carbonyl (C=O) groups is 1. The quantitative estimate of drug-likeness (QED) is 0.829. The Labute approximate surface area is 153 Å². The molecule has 26 heavy (non-hydrogen) atoms. The zero-order valence-corrected chi connectivity index (χ0v) is 15.0. The van der Waals surface area contributed by atoms with Crippen LogP contribution in [0.1, 0.15) is 31.2 Å². The van der Waals surface area contributed by atoms with E-state index in [4.69, 9.17) is 9.47 Å². The molecule has 2 aromatic rings. The molecule has 1 aromatic heterocycles. The molecule has 2 fully saturated rings. The second-order valence-electron chi connectivity index (χ2n) is 7.11. The van der Waals surface area contributed by atoms with Crippen molar-refractivity contribution in [3.8, 4) is 11.5 Å². The number of ether oxygens (including phenoxy) is 2. The number of carbonyl (C=O) groups excluding carboxylic acids is 1. The minimum Gasteiger partial charge on any atom is -0.497 e. The van der Waals surface area contributed by atoms with Crippen LogP contribution in [0.4, 0.5) is 0 Å². The van der Waals surface area contributed by atoms with Crippen LogP contribution in [0.25, 0.3) is 0 Å². The van der Waals surface area contributed by atoms with Gasteiger partial charge in [-0.3, -0.25) is 9.78 Å². The zero-order valence-electron chi connectivity index (χ0n) is 15.0. The SMILES string of the molecule is COc1ccc(CC(=O)N2C3CCC2CC(Oc2cccnc2)C3)cc1. The van der Waals surface area contributed by atoms with Crippen molar-refractivity contribution < 1.29 is 14.3 Å². The number of methoxy groups -OCH3 is 1. The van der Waals surface area contributed by atoms with Crippen LogP contribution in [-0.4, -0.2) is 41.1 Å². The molecule has 0 N–H and O–H groups in total. The van der Waals surface area contributed by atoms with Crippen LogP contribution in [0.5, 0.6) is 11.5 Å². The maximum absolute atomic E-state index is 12.9. The molecule has 0 aliphatic carbocycles. The van der Waals surface area contributed by atoms with Crippen LogP contribution in [0.15, 0.2) is 48.8 Å². The maximum atomic E-state index is 12.9. The van der Waals surface area contributed by atoms with Crippen molar-refractivity contribution in [3.05, 3.63) is 54.4 Å². The van der Waals surface area contributed by atoms with Gasteiger partial charge in [0.25, 0.3) is 0 Å². The smallest absolute Gasteiger partial charge is 0.227 e. The van der Waals surface area contributed by atoms with Crippen LogP contribution >= 0.6 is 0 Å². The molecule has 2 unspecified atom stereocenters. The summed E-state index contributed by atoms with van der Waals surface area (Å²) in [4.78, 5) is 19.1. The summed E-state index contributed by atoms with van der Waals surface area (Å²) in [5.41, 5.74) is 1.03. The molecule has 0 saturated carbocycles. The normalized spacial score (nSPS) is 24.3. The number of rotatable bonds is 5. The van der Waals surface area contributed by atoms with Crippen molar-refractivity contribution in [2.45, 2.75) is 50.3 Å². The number of piperidine rings is 1. The fraction of sp³-hybridized carbons (Fsp3) is 0.429. The Bertz CT molecular complexity index is 734. The van der Waals surface area contributed by atoms with Crippen LogP contribution in [0.3, 0.4) is 0 Å². The predicted molar refractivity (Wildman–Crippen MR) is 98.2 cm³/mol. The van der Waals surface area contributed by atoms with E-state index < -0.39 is 0 Å². The van der Waals surface area contributed by atoms with Crippen LogP contribution < -0.4 is 9.47 Å². The molecule has 3 heterocycles. The van der Waals surface area contributed by atoms with E-state index in [2.05, 4.69) is 9.88 Å². The van der Waals surface area contributed by atoms with Crippen molar-refractivity contribution in [2.75, 3.05) is 7.11 Å². The summed E-state index contributed by atoms with van der Waals surface area (Å²) in [7, 11) is 1.65. The molecule has 136 valence electrons. The molecule has 0 spiro atoms.